The number of piperidine rings is 1. The van der Waals surface area contributed by atoms with Crippen molar-refractivity contribution in [2.45, 2.75) is 43.7 Å². The number of fused-ring (bicyclic) bond motifs is 1. The summed E-state index contributed by atoms with van der Waals surface area (Å²) in [6.45, 7) is 2.24. The maximum atomic E-state index is 9.82. The molecule has 6 atom stereocenters. The van der Waals surface area contributed by atoms with Crippen LogP contribution in [0.2, 0.25) is 0 Å². The van der Waals surface area contributed by atoms with Gasteiger partial charge in [0.05, 0.1) is 36.3 Å². The molecule has 5 nitrogen and oxygen atoms in total. The zero-order chi connectivity index (χ0) is 11.2. The second-order valence-corrected chi connectivity index (χ2v) is 4.52. The van der Waals surface area contributed by atoms with E-state index in [0.717, 1.165) is 0 Å². The van der Waals surface area contributed by atoms with Crippen molar-refractivity contribution >= 4 is 0 Å². The van der Waals surface area contributed by atoms with E-state index in [-0.39, 0.29) is 12.0 Å². The first kappa shape index (κ1) is 10.8. The largest absolute Gasteiger partial charge is 0.391 e. The van der Waals surface area contributed by atoms with Gasteiger partial charge >= 0.3 is 0 Å². The van der Waals surface area contributed by atoms with Crippen LogP contribution in [0, 0.1) is 17.2 Å². The highest BCUT2D eigenvalue weighted by molar-refractivity contribution is 5.08. The van der Waals surface area contributed by atoms with Gasteiger partial charge in [0.2, 0.25) is 0 Å². The van der Waals surface area contributed by atoms with Gasteiger partial charge in [0, 0.05) is 12.6 Å². The predicted molar refractivity (Wildman–Crippen MR) is 51.7 cm³/mol. The van der Waals surface area contributed by atoms with E-state index < -0.39 is 24.4 Å². The molecule has 84 valence electrons. The minimum Gasteiger partial charge on any atom is -0.391 e. The van der Waals surface area contributed by atoms with Crippen LogP contribution in [0.3, 0.4) is 0 Å². The lowest BCUT2D eigenvalue weighted by Gasteiger charge is -2.42. The first-order valence-electron chi connectivity index (χ1n) is 5.25. The van der Waals surface area contributed by atoms with Crippen LogP contribution < -0.4 is 0 Å². The Hall–Kier alpha value is -0.670. The van der Waals surface area contributed by atoms with Gasteiger partial charge in [0.15, 0.2) is 0 Å². The molecule has 3 N–H and O–H groups in total. The fraction of sp³-hybridized carbons (Fsp3) is 0.900. The van der Waals surface area contributed by atoms with Crippen LogP contribution in [0.1, 0.15) is 13.3 Å². The molecule has 2 unspecified atom stereocenters. The van der Waals surface area contributed by atoms with Crippen LogP contribution in [0.15, 0.2) is 0 Å². The van der Waals surface area contributed by atoms with E-state index in [2.05, 4.69) is 6.07 Å². The fourth-order valence-electron chi connectivity index (χ4n) is 2.74. The highest BCUT2D eigenvalue weighted by Gasteiger charge is 2.50. The molecule has 15 heavy (non-hydrogen) atoms. The second-order valence-electron chi connectivity index (χ2n) is 4.52. The first-order chi connectivity index (χ1) is 7.06. The number of hydrogen-bond donors (Lipinski definition) is 3. The normalized spacial score (nSPS) is 51.1. The minimum absolute atomic E-state index is 0.0183. The summed E-state index contributed by atoms with van der Waals surface area (Å²) in [5, 5.41) is 38.0. The van der Waals surface area contributed by atoms with E-state index in [1.165, 1.54) is 0 Å². The fourth-order valence-corrected chi connectivity index (χ4v) is 2.74. The van der Waals surface area contributed by atoms with E-state index in [1.807, 2.05) is 11.8 Å². The van der Waals surface area contributed by atoms with E-state index in [9.17, 15) is 15.3 Å². The summed E-state index contributed by atoms with van der Waals surface area (Å²) in [6, 6.07) is 1.73. The van der Waals surface area contributed by atoms with Crippen LogP contribution in [-0.4, -0.2) is 57.2 Å². The van der Waals surface area contributed by atoms with Crippen molar-refractivity contribution < 1.29 is 15.3 Å². The van der Waals surface area contributed by atoms with Crippen LogP contribution in [0.4, 0.5) is 0 Å². The second kappa shape index (κ2) is 3.72. The summed E-state index contributed by atoms with van der Waals surface area (Å²) in [4.78, 5) is 1.84. The summed E-state index contributed by atoms with van der Waals surface area (Å²) in [7, 11) is 0. The monoisotopic (exact) mass is 212 g/mol. The Labute approximate surface area is 88.5 Å². The number of nitriles is 1. The van der Waals surface area contributed by atoms with E-state index >= 15 is 0 Å². The average molecular weight is 212 g/mol. The lowest BCUT2D eigenvalue weighted by Crippen LogP contribution is -2.55. The zero-order valence-electron chi connectivity index (χ0n) is 8.61. The van der Waals surface area contributed by atoms with Crippen LogP contribution in [0.25, 0.3) is 0 Å². The molecule has 0 aromatic heterocycles. The van der Waals surface area contributed by atoms with Crippen molar-refractivity contribution in [3.05, 3.63) is 0 Å². The Morgan fingerprint density at radius 1 is 1.27 bits per heavy atom. The molecule has 0 aromatic carbocycles. The summed E-state index contributed by atoms with van der Waals surface area (Å²) >= 11 is 0. The molecule has 0 saturated carbocycles. The SMILES string of the molecule is CC1C(C#N)C[C@@H](O)[C@@H]2[C@H](O)[C@H](O)CN12. The van der Waals surface area contributed by atoms with Gasteiger partial charge in [-0.1, -0.05) is 0 Å². The molecule has 2 aliphatic heterocycles. The lowest BCUT2D eigenvalue weighted by atomic mass is 9.85. The van der Waals surface area contributed by atoms with Gasteiger partial charge in [-0.05, 0) is 13.3 Å². The lowest BCUT2D eigenvalue weighted by molar-refractivity contribution is -0.0537. The van der Waals surface area contributed by atoms with Gasteiger partial charge in [0.25, 0.3) is 0 Å². The molecule has 2 fully saturated rings. The highest BCUT2D eigenvalue weighted by Crippen LogP contribution is 2.34. The summed E-state index contributed by atoms with van der Waals surface area (Å²) < 4.78 is 0. The van der Waals surface area contributed by atoms with E-state index in [4.69, 9.17) is 5.26 Å². The molecule has 2 rings (SSSR count). The number of nitrogens with zero attached hydrogens (tertiary/aromatic N) is 2. The number of rotatable bonds is 0. The van der Waals surface area contributed by atoms with Crippen molar-refractivity contribution in [1.82, 2.24) is 4.90 Å². The minimum atomic E-state index is -0.901. The molecule has 0 radical (unpaired) electrons. The van der Waals surface area contributed by atoms with E-state index in [1.54, 1.807) is 0 Å². The smallest absolute Gasteiger partial charge is 0.0991 e. The summed E-state index contributed by atoms with van der Waals surface area (Å²) in [6.07, 6.45) is -2.06. The molecular formula is C10H16N2O3. The quantitative estimate of drug-likeness (QED) is 0.464. The Bertz CT molecular complexity index is 291. The molecule has 2 heterocycles. The van der Waals surface area contributed by atoms with Crippen LogP contribution >= 0.6 is 0 Å². The Balaban J connectivity index is 2.22. The number of hydrogen-bond acceptors (Lipinski definition) is 5. The zero-order valence-corrected chi connectivity index (χ0v) is 8.61. The average Bonchev–Trinajstić information content (AvgIpc) is 2.50. The molecule has 0 aromatic rings. The number of aliphatic hydroxyl groups is 3. The molecule has 2 aliphatic rings. The highest BCUT2D eigenvalue weighted by atomic mass is 16.3. The standard InChI is InChI=1S/C10H16N2O3/c1-5-6(3-11)2-7(13)9-10(15)8(14)4-12(5)9/h5-10,13-15H,2,4H2,1H3/t5?,6?,7-,8-,9-,10-/m1/s1. The van der Waals surface area contributed by atoms with Gasteiger partial charge in [-0.25, -0.2) is 0 Å². The maximum Gasteiger partial charge on any atom is 0.0991 e. The topological polar surface area (TPSA) is 87.7 Å². The molecule has 5 heteroatoms. The summed E-state index contributed by atoms with van der Waals surface area (Å²) in [5.41, 5.74) is 0. The first-order valence-corrected chi connectivity index (χ1v) is 5.25. The van der Waals surface area contributed by atoms with Crippen LogP contribution in [-0.2, 0) is 0 Å². The van der Waals surface area contributed by atoms with Crippen molar-refractivity contribution in [3.8, 4) is 6.07 Å². The van der Waals surface area contributed by atoms with Gasteiger partial charge < -0.3 is 15.3 Å². The molecule has 2 saturated heterocycles. The molecular weight excluding hydrogens is 196 g/mol. The molecule has 0 amide bonds. The molecule has 0 bridgehead atoms. The third kappa shape index (κ3) is 1.54. The maximum absolute atomic E-state index is 9.82. The van der Waals surface area contributed by atoms with Gasteiger partial charge in [0.1, 0.15) is 0 Å². The Morgan fingerprint density at radius 2 is 1.93 bits per heavy atom. The number of aliphatic hydroxyl groups excluding tert-OH is 3. The Kier molecular flexibility index (Phi) is 2.69. The van der Waals surface area contributed by atoms with Crippen molar-refractivity contribution in [2.75, 3.05) is 6.54 Å². The predicted octanol–water partition coefficient (Wildman–Crippen LogP) is -1.31. The van der Waals surface area contributed by atoms with Crippen molar-refractivity contribution in [3.63, 3.8) is 0 Å². The van der Waals surface area contributed by atoms with E-state index in [0.29, 0.717) is 13.0 Å². The third-order valence-corrected chi connectivity index (χ3v) is 3.69. The van der Waals surface area contributed by atoms with Gasteiger partial charge in [-0.15, -0.1) is 0 Å². The van der Waals surface area contributed by atoms with Gasteiger partial charge in [-0.2, -0.15) is 5.26 Å². The molecule has 0 aliphatic carbocycles. The van der Waals surface area contributed by atoms with Gasteiger partial charge in [-0.3, -0.25) is 4.90 Å². The molecule has 0 spiro atoms. The van der Waals surface area contributed by atoms with Crippen molar-refractivity contribution in [1.29, 1.82) is 5.26 Å². The third-order valence-electron chi connectivity index (χ3n) is 3.69. The summed E-state index contributed by atoms with van der Waals surface area (Å²) in [5.74, 6) is -0.228. The van der Waals surface area contributed by atoms with Crippen molar-refractivity contribution in [2.24, 2.45) is 5.92 Å². The van der Waals surface area contributed by atoms with Crippen LogP contribution in [0.5, 0.6) is 0 Å². The Morgan fingerprint density at radius 3 is 2.53 bits per heavy atom.